The fourth-order valence-corrected chi connectivity index (χ4v) is 3.06. The zero-order valence-corrected chi connectivity index (χ0v) is 17.2. The lowest BCUT2D eigenvalue weighted by Crippen LogP contribution is -2.51. The van der Waals surface area contributed by atoms with Gasteiger partial charge in [-0.25, -0.2) is 4.79 Å². The molecular formula is C22H28NO6-. The molecule has 1 aromatic carbocycles. The topological polar surface area (TPSA) is 109 Å². The Morgan fingerprint density at radius 3 is 2.55 bits per heavy atom. The lowest BCUT2D eigenvalue weighted by Gasteiger charge is -2.22. The van der Waals surface area contributed by atoms with Gasteiger partial charge in [-0.05, 0) is 43.9 Å². The van der Waals surface area contributed by atoms with Gasteiger partial charge in [-0.1, -0.05) is 33.1 Å². The Bertz CT molecular complexity index is 904. The maximum absolute atomic E-state index is 12.3. The summed E-state index contributed by atoms with van der Waals surface area (Å²) in [6.45, 7) is 5.55. The minimum atomic E-state index is -1.31. The first kappa shape index (κ1) is 22.5. The molecule has 0 radical (unpaired) electrons. The lowest BCUT2D eigenvalue weighted by atomic mass is 10.0. The van der Waals surface area contributed by atoms with Crippen molar-refractivity contribution >= 4 is 22.8 Å². The SMILES string of the molecule is CCCCc1cc(=O)oc2cc(O[C@H](C)C(=O)N[C@H](CCCC)C(=O)[O-])ccc12. The molecule has 1 heterocycles. The Kier molecular flexibility index (Phi) is 8.24. The van der Waals surface area contributed by atoms with E-state index in [4.69, 9.17) is 9.15 Å². The van der Waals surface area contributed by atoms with E-state index in [9.17, 15) is 19.5 Å². The van der Waals surface area contributed by atoms with Gasteiger partial charge in [0.25, 0.3) is 5.91 Å². The predicted octanol–water partition coefficient (Wildman–Crippen LogP) is 2.33. The van der Waals surface area contributed by atoms with E-state index >= 15 is 0 Å². The quantitative estimate of drug-likeness (QED) is 0.578. The highest BCUT2D eigenvalue weighted by Crippen LogP contribution is 2.24. The summed E-state index contributed by atoms with van der Waals surface area (Å²) in [5, 5.41) is 14.5. The molecule has 0 unspecified atom stereocenters. The van der Waals surface area contributed by atoms with Gasteiger partial charge in [-0.2, -0.15) is 0 Å². The third-order valence-electron chi connectivity index (χ3n) is 4.73. The van der Waals surface area contributed by atoms with Crippen LogP contribution in [-0.2, 0) is 16.0 Å². The second-order valence-corrected chi connectivity index (χ2v) is 7.13. The number of rotatable bonds is 11. The summed E-state index contributed by atoms with van der Waals surface area (Å²) in [6, 6.07) is 5.53. The number of carboxylic acids is 1. The summed E-state index contributed by atoms with van der Waals surface area (Å²) in [7, 11) is 0. The second kappa shape index (κ2) is 10.6. The number of aryl methyl sites for hydroxylation is 1. The minimum Gasteiger partial charge on any atom is -0.548 e. The van der Waals surface area contributed by atoms with Gasteiger partial charge in [0.15, 0.2) is 6.10 Å². The van der Waals surface area contributed by atoms with Crippen molar-refractivity contribution in [2.45, 2.75) is 71.4 Å². The molecule has 7 nitrogen and oxygen atoms in total. The second-order valence-electron chi connectivity index (χ2n) is 7.13. The lowest BCUT2D eigenvalue weighted by molar-refractivity contribution is -0.308. The third-order valence-corrected chi connectivity index (χ3v) is 4.73. The summed E-state index contributed by atoms with van der Waals surface area (Å²) in [4.78, 5) is 35.4. The molecule has 29 heavy (non-hydrogen) atoms. The van der Waals surface area contributed by atoms with Crippen molar-refractivity contribution in [1.82, 2.24) is 5.32 Å². The monoisotopic (exact) mass is 402 g/mol. The van der Waals surface area contributed by atoms with Crippen LogP contribution in [-0.4, -0.2) is 24.0 Å². The number of fused-ring (bicyclic) bond motifs is 1. The maximum Gasteiger partial charge on any atom is 0.336 e. The fourth-order valence-electron chi connectivity index (χ4n) is 3.06. The van der Waals surface area contributed by atoms with Gasteiger partial charge >= 0.3 is 5.63 Å². The molecule has 0 fully saturated rings. The average Bonchev–Trinajstić information content (AvgIpc) is 2.68. The van der Waals surface area contributed by atoms with E-state index in [0.29, 0.717) is 24.2 Å². The van der Waals surface area contributed by atoms with Crippen LogP contribution in [0.15, 0.2) is 33.5 Å². The molecule has 158 valence electrons. The number of aliphatic carboxylic acids is 1. The number of hydrogen-bond donors (Lipinski definition) is 1. The zero-order chi connectivity index (χ0) is 21.4. The third kappa shape index (κ3) is 6.34. The first-order valence-corrected chi connectivity index (χ1v) is 10.1. The number of carbonyl (C=O) groups excluding carboxylic acids is 2. The molecule has 0 aliphatic carbocycles. The Hall–Kier alpha value is -2.83. The summed E-state index contributed by atoms with van der Waals surface area (Å²) in [5.74, 6) is -1.51. The van der Waals surface area contributed by atoms with Crippen LogP contribution in [0, 0.1) is 0 Å². The Balaban J connectivity index is 2.13. The van der Waals surface area contributed by atoms with Gasteiger partial charge in [0, 0.05) is 17.5 Å². The molecule has 2 atom stereocenters. The van der Waals surface area contributed by atoms with E-state index in [0.717, 1.165) is 36.6 Å². The van der Waals surface area contributed by atoms with Crippen LogP contribution in [0.25, 0.3) is 11.0 Å². The van der Waals surface area contributed by atoms with Crippen LogP contribution in [0.4, 0.5) is 0 Å². The number of nitrogens with one attached hydrogen (secondary N) is 1. The van der Waals surface area contributed by atoms with Crippen molar-refractivity contribution in [2.24, 2.45) is 0 Å². The minimum absolute atomic E-state index is 0.305. The number of hydrogen-bond acceptors (Lipinski definition) is 6. The highest BCUT2D eigenvalue weighted by molar-refractivity contribution is 5.86. The van der Waals surface area contributed by atoms with Gasteiger partial charge in [0.05, 0.1) is 12.0 Å². The van der Waals surface area contributed by atoms with E-state index in [-0.39, 0.29) is 0 Å². The van der Waals surface area contributed by atoms with Gasteiger partial charge in [-0.15, -0.1) is 0 Å². The van der Waals surface area contributed by atoms with Crippen LogP contribution in [0.5, 0.6) is 5.75 Å². The van der Waals surface area contributed by atoms with Gasteiger partial charge in [0.2, 0.25) is 0 Å². The largest absolute Gasteiger partial charge is 0.548 e. The molecule has 7 heteroatoms. The Morgan fingerprint density at radius 1 is 1.17 bits per heavy atom. The van der Waals surface area contributed by atoms with E-state index in [2.05, 4.69) is 12.2 Å². The number of carboxylic acid groups (broad SMARTS) is 1. The Morgan fingerprint density at radius 2 is 1.90 bits per heavy atom. The van der Waals surface area contributed by atoms with E-state index in [1.165, 1.54) is 13.0 Å². The Labute approximate surface area is 170 Å². The molecule has 1 N–H and O–H groups in total. The predicted molar refractivity (Wildman–Crippen MR) is 108 cm³/mol. The number of amides is 1. The van der Waals surface area contributed by atoms with Crippen molar-refractivity contribution < 1.29 is 23.8 Å². The van der Waals surface area contributed by atoms with Crippen molar-refractivity contribution in [3.63, 3.8) is 0 Å². The van der Waals surface area contributed by atoms with Gasteiger partial charge < -0.3 is 24.4 Å². The molecular weight excluding hydrogens is 374 g/mol. The summed E-state index contributed by atoms with van der Waals surface area (Å²) in [6.07, 6.45) is 3.61. The van der Waals surface area contributed by atoms with Crippen molar-refractivity contribution in [1.29, 1.82) is 0 Å². The molecule has 0 saturated heterocycles. The van der Waals surface area contributed by atoms with Crippen molar-refractivity contribution in [2.75, 3.05) is 0 Å². The number of benzene rings is 1. The van der Waals surface area contributed by atoms with E-state index in [1.54, 1.807) is 18.2 Å². The number of ether oxygens (including phenoxy) is 1. The first-order valence-electron chi connectivity index (χ1n) is 10.1. The molecule has 1 amide bonds. The van der Waals surface area contributed by atoms with Crippen molar-refractivity contribution in [3.05, 3.63) is 40.2 Å². The van der Waals surface area contributed by atoms with Gasteiger partial charge in [0.1, 0.15) is 11.3 Å². The van der Waals surface area contributed by atoms with Crippen LogP contribution < -0.4 is 20.8 Å². The molecule has 2 rings (SSSR count). The van der Waals surface area contributed by atoms with Crippen molar-refractivity contribution in [3.8, 4) is 5.75 Å². The number of unbranched alkanes of at least 4 members (excludes halogenated alkanes) is 2. The fraction of sp³-hybridized carbons (Fsp3) is 0.500. The zero-order valence-electron chi connectivity index (χ0n) is 17.2. The summed E-state index contributed by atoms with van der Waals surface area (Å²) in [5.41, 5.74) is 0.881. The van der Waals surface area contributed by atoms with Crippen LogP contribution in [0.1, 0.15) is 58.4 Å². The van der Waals surface area contributed by atoms with Crippen LogP contribution in [0.2, 0.25) is 0 Å². The molecule has 0 saturated carbocycles. The highest BCUT2D eigenvalue weighted by Gasteiger charge is 2.20. The van der Waals surface area contributed by atoms with E-state index in [1.807, 2.05) is 6.92 Å². The van der Waals surface area contributed by atoms with Gasteiger partial charge in [-0.3, -0.25) is 4.79 Å². The molecule has 0 spiro atoms. The molecule has 2 aromatic rings. The highest BCUT2D eigenvalue weighted by atomic mass is 16.5. The molecule has 0 bridgehead atoms. The standard InChI is InChI=1S/C22H29NO6/c1-4-6-8-15-12-20(24)29-19-13-16(10-11-17(15)19)28-14(3)21(25)23-18(22(26)27)9-7-5-2/h10-14,18H,4-9H2,1-3H3,(H,23,25)(H,26,27)/p-1/t14-,18-/m1/s1. The molecule has 1 aromatic heterocycles. The first-order chi connectivity index (χ1) is 13.8. The van der Waals surface area contributed by atoms with E-state index < -0.39 is 29.6 Å². The summed E-state index contributed by atoms with van der Waals surface area (Å²) < 4.78 is 10.9. The number of carbonyl (C=O) groups is 2. The molecule has 0 aliphatic rings. The summed E-state index contributed by atoms with van der Waals surface area (Å²) >= 11 is 0. The normalized spacial score (nSPS) is 13.1. The van der Waals surface area contributed by atoms with Crippen LogP contribution >= 0.6 is 0 Å². The molecule has 0 aliphatic heterocycles. The average molecular weight is 402 g/mol. The van der Waals surface area contributed by atoms with Crippen LogP contribution in [0.3, 0.4) is 0 Å². The smallest absolute Gasteiger partial charge is 0.336 e. The maximum atomic E-state index is 12.3.